The zero-order chi connectivity index (χ0) is 20.8. The molecule has 0 spiro atoms. The van der Waals surface area contributed by atoms with Gasteiger partial charge in [0.15, 0.2) is 5.16 Å². The van der Waals surface area contributed by atoms with Crippen LogP contribution in [-0.2, 0) is 11.3 Å². The van der Waals surface area contributed by atoms with Crippen LogP contribution >= 0.6 is 11.8 Å². The van der Waals surface area contributed by atoms with E-state index >= 15 is 0 Å². The van der Waals surface area contributed by atoms with Crippen LogP contribution in [-0.4, -0.2) is 41.3 Å². The first-order chi connectivity index (χ1) is 14.0. The maximum atomic E-state index is 13.1. The van der Waals surface area contributed by atoms with Gasteiger partial charge < -0.3 is 10.2 Å². The quantitative estimate of drug-likeness (QED) is 0.440. The van der Waals surface area contributed by atoms with E-state index in [4.69, 9.17) is 4.98 Å². The second-order valence-electron chi connectivity index (χ2n) is 7.29. The van der Waals surface area contributed by atoms with Crippen LogP contribution in [0.3, 0.4) is 0 Å². The van der Waals surface area contributed by atoms with E-state index in [0.29, 0.717) is 22.6 Å². The highest BCUT2D eigenvalue weighted by atomic mass is 32.2. The third kappa shape index (κ3) is 5.46. The average Bonchev–Trinajstić information content (AvgIpc) is 2.70. The molecule has 0 aliphatic rings. The van der Waals surface area contributed by atoms with E-state index in [9.17, 15) is 9.59 Å². The highest BCUT2D eigenvalue weighted by molar-refractivity contribution is 8.00. The highest BCUT2D eigenvalue weighted by Crippen LogP contribution is 2.23. The number of rotatable bonds is 8. The molecule has 0 saturated carbocycles. The molecule has 2 aromatic carbocycles. The molecule has 0 aliphatic carbocycles. The Morgan fingerprint density at radius 3 is 2.55 bits per heavy atom. The van der Waals surface area contributed by atoms with Gasteiger partial charge in [0.25, 0.3) is 5.56 Å². The Morgan fingerprint density at radius 1 is 1.14 bits per heavy atom. The van der Waals surface area contributed by atoms with Crippen LogP contribution in [0.4, 0.5) is 5.69 Å². The molecule has 7 heteroatoms. The Morgan fingerprint density at radius 2 is 1.83 bits per heavy atom. The number of anilines is 1. The minimum absolute atomic E-state index is 0.0532. The van der Waals surface area contributed by atoms with Crippen molar-refractivity contribution in [1.29, 1.82) is 0 Å². The van der Waals surface area contributed by atoms with E-state index in [1.165, 1.54) is 16.7 Å². The largest absolute Gasteiger partial charge is 0.340 e. The summed E-state index contributed by atoms with van der Waals surface area (Å²) in [5.74, 6) is -0.118. The van der Waals surface area contributed by atoms with Gasteiger partial charge in [-0.1, -0.05) is 42.1 Å². The molecule has 2 N–H and O–H groups in total. The third-order valence-electron chi connectivity index (χ3n) is 4.58. The zero-order valence-corrected chi connectivity index (χ0v) is 17.8. The van der Waals surface area contributed by atoms with E-state index < -0.39 is 5.25 Å². The number of para-hydroxylation sites is 2. The van der Waals surface area contributed by atoms with Crippen LogP contribution in [0.25, 0.3) is 10.9 Å². The van der Waals surface area contributed by atoms with Gasteiger partial charge in [0.2, 0.25) is 5.91 Å². The summed E-state index contributed by atoms with van der Waals surface area (Å²) in [5, 5.41) is 3.71. The van der Waals surface area contributed by atoms with E-state index in [-0.39, 0.29) is 11.5 Å². The minimum Gasteiger partial charge on any atom is -0.340 e. The molecule has 0 bridgehead atoms. The van der Waals surface area contributed by atoms with Crippen molar-refractivity contribution >= 4 is 34.3 Å². The van der Waals surface area contributed by atoms with Crippen molar-refractivity contribution in [2.24, 2.45) is 0 Å². The van der Waals surface area contributed by atoms with Crippen LogP contribution in [0.1, 0.15) is 13.3 Å². The van der Waals surface area contributed by atoms with Gasteiger partial charge in [-0.3, -0.25) is 14.2 Å². The molecule has 3 aromatic rings. The smallest absolute Gasteiger partial charge is 0.262 e. The number of quaternary nitrogens is 1. The number of aromatic nitrogens is 2. The van der Waals surface area contributed by atoms with E-state index in [1.54, 1.807) is 10.6 Å². The molecule has 1 aromatic heterocycles. The van der Waals surface area contributed by atoms with E-state index in [0.717, 1.165) is 18.7 Å². The number of benzene rings is 2. The Hall–Kier alpha value is -2.64. The molecule has 1 amide bonds. The lowest BCUT2D eigenvalue weighted by Crippen LogP contribution is -3.05. The fourth-order valence-corrected chi connectivity index (χ4v) is 3.94. The van der Waals surface area contributed by atoms with Crippen LogP contribution in [0, 0.1) is 0 Å². The lowest BCUT2D eigenvalue weighted by Gasteiger charge is -2.17. The van der Waals surface area contributed by atoms with Gasteiger partial charge in [-0.15, -0.1) is 0 Å². The Labute approximate surface area is 174 Å². The predicted molar refractivity (Wildman–Crippen MR) is 119 cm³/mol. The second-order valence-corrected chi connectivity index (χ2v) is 8.60. The number of carbonyl (C=O) groups excluding carboxylic acids is 1. The molecule has 0 fully saturated rings. The Balaban J connectivity index is 1.85. The van der Waals surface area contributed by atoms with Crippen molar-refractivity contribution in [2.45, 2.75) is 30.3 Å². The summed E-state index contributed by atoms with van der Waals surface area (Å²) in [6, 6.07) is 16.7. The topological polar surface area (TPSA) is 68.4 Å². The zero-order valence-electron chi connectivity index (χ0n) is 17.0. The fourth-order valence-electron chi connectivity index (χ4n) is 3.00. The number of hydrogen-bond donors (Lipinski definition) is 2. The van der Waals surface area contributed by atoms with E-state index in [2.05, 4.69) is 19.4 Å². The molecule has 0 aliphatic heterocycles. The number of nitrogens with zero attached hydrogens (tertiary/aromatic N) is 2. The Bertz CT molecular complexity index is 1030. The van der Waals surface area contributed by atoms with Gasteiger partial charge in [-0.2, -0.15) is 0 Å². The lowest BCUT2D eigenvalue weighted by molar-refractivity contribution is -0.858. The van der Waals surface area contributed by atoms with Gasteiger partial charge in [0, 0.05) is 18.7 Å². The first-order valence-corrected chi connectivity index (χ1v) is 10.6. The van der Waals surface area contributed by atoms with Gasteiger partial charge >= 0.3 is 0 Å². The standard InChI is InChI=1S/C22H26N4O2S/c1-16(20(27)23-17-10-5-4-6-11-17)29-22-24-19-13-8-7-12-18(19)21(28)26(22)15-9-14-25(2)3/h4-8,10-13,16H,9,14-15H2,1-3H3,(H,23,27)/p+1/t16-/m0/s1. The van der Waals surface area contributed by atoms with Crippen LogP contribution < -0.4 is 15.8 Å². The van der Waals surface area contributed by atoms with Crippen molar-refractivity contribution in [3.05, 3.63) is 65.0 Å². The number of thioether (sulfide) groups is 1. The molecule has 0 unspecified atom stereocenters. The number of carbonyl (C=O) groups is 1. The van der Waals surface area contributed by atoms with Crippen LogP contribution in [0.2, 0.25) is 0 Å². The first kappa shape index (κ1) is 21.1. The SMILES string of the molecule is C[C@H](Sc1nc2ccccc2c(=O)n1CCC[NH+](C)C)C(=O)Nc1ccccc1. The number of fused-ring (bicyclic) bond motifs is 1. The Kier molecular flexibility index (Phi) is 7.06. The molecular weight excluding hydrogens is 384 g/mol. The number of nitrogens with one attached hydrogen (secondary N) is 2. The summed E-state index contributed by atoms with van der Waals surface area (Å²) < 4.78 is 1.71. The second kappa shape index (κ2) is 9.71. The van der Waals surface area contributed by atoms with Crippen LogP contribution in [0.5, 0.6) is 0 Å². The summed E-state index contributed by atoms with van der Waals surface area (Å²) in [7, 11) is 4.18. The molecule has 0 radical (unpaired) electrons. The molecular formula is C22H27N4O2S+. The summed E-state index contributed by atoms with van der Waals surface area (Å²) in [4.78, 5) is 31.7. The van der Waals surface area contributed by atoms with Crippen molar-refractivity contribution in [3.8, 4) is 0 Å². The van der Waals surface area contributed by atoms with Gasteiger partial charge in [-0.05, 0) is 31.2 Å². The fraction of sp³-hybridized carbons (Fsp3) is 0.318. The molecule has 152 valence electrons. The highest BCUT2D eigenvalue weighted by Gasteiger charge is 2.19. The molecule has 6 nitrogen and oxygen atoms in total. The minimum atomic E-state index is -0.394. The summed E-state index contributed by atoms with van der Waals surface area (Å²) in [6.07, 6.45) is 0.862. The third-order valence-corrected chi connectivity index (χ3v) is 5.67. The van der Waals surface area contributed by atoms with Crippen molar-refractivity contribution in [1.82, 2.24) is 9.55 Å². The normalized spacial score (nSPS) is 12.3. The molecule has 1 heterocycles. The maximum Gasteiger partial charge on any atom is 0.262 e. The maximum absolute atomic E-state index is 13.1. The molecule has 1 atom stereocenters. The molecule has 0 saturated heterocycles. The van der Waals surface area contributed by atoms with Crippen molar-refractivity contribution in [2.75, 3.05) is 26.0 Å². The lowest BCUT2D eigenvalue weighted by atomic mass is 10.2. The van der Waals surface area contributed by atoms with Crippen LogP contribution in [0.15, 0.2) is 64.5 Å². The monoisotopic (exact) mass is 411 g/mol. The van der Waals surface area contributed by atoms with E-state index in [1.807, 2.05) is 55.5 Å². The average molecular weight is 412 g/mol. The van der Waals surface area contributed by atoms with Gasteiger partial charge in [-0.25, -0.2) is 4.98 Å². The molecule has 29 heavy (non-hydrogen) atoms. The van der Waals surface area contributed by atoms with Gasteiger partial charge in [0.1, 0.15) is 0 Å². The van der Waals surface area contributed by atoms with Gasteiger partial charge in [0.05, 0.1) is 36.8 Å². The number of amides is 1. The summed E-state index contributed by atoms with van der Waals surface area (Å²) in [6.45, 7) is 3.36. The summed E-state index contributed by atoms with van der Waals surface area (Å²) >= 11 is 1.32. The van der Waals surface area contributed by atoms with Crippen molar-refractivity contribution < 1.29 is 9.69 Å². The summed E-state index contributed by atoms with van der Waals surface area (Å²) in [5.41, 5.74) is 1.36. The first-order valence-electron chi connectivity index (χ1n) is 9.77. The number of hydrogen-bond acceptors (Lipinski definition) is 4. The molecule has 3 rings (SSSR count). The predicted octanol–water partition coefficient (Wildman–Crippen LogP) is 2.05. The van der Waals surface area contributed by atoms with Crippen molar-refractivity contribution in [3.63, 3.8) is 0 Å².